The Hall–Kier alpha value is -0.900. The molecule has 1 unspecified atom stereocenters. The van der Waals surface area contributed by atoms with Crippen LogP contribution in [0.25, 0.3) is 0 Å². The largest absolute Gasteiger partial charge is 0.550 e. The molecule has 0 radical (unpaired) electrons. The fourth-order valence-electron chi connectivity index (χ4n) is 1.73. The van der Waals surface area contributed by atoms with Crippen LogP contribution in [0.2, 0.25) is 0 Å². The van der Waals surface area contributed by atoms with Gasteiger partial charge >= 0.3 is 0 Å². The van der Waals surface area contributed by atoms with Gasteiger partial charge in [-0.2, -0.15) is 0 Å². The number of carboxylic acid groups (broad SMARTS) is 1. The van der Waals surface area contributed by atoms with E-state index in [-0.39, 0.29) is 5.92 Å². The number of carbonyl (C=O) groups excluding carboxylic acids is 1. The molecule has 1 atom stereocenters. The predicted octanol–water partition coefficient (Wildman–Crippen LogP) is 1.95. The van der Waals surface area contributed by atoms with Crippen LogP contribution in [0.3, 0.4) is 0 Å². The Labute approximate surface area is 110 Å². The second-order valence-corrected chi connectivity index (χ2v) is 4.85. The van der Waals surface area contributed by atoms with E-state index in [0.29, 0.717) is 19.3 Å². The summed E-state index contributed by atoms with van der Waals surface area (Å²) in [6.07, 6.45) is 5.67. The zero-order valence-corrected chi connectivity index (χ0v) is 11.4. The number of rotatable bonds is 8. The molecule has 1 heterocycles. The SMILES string of the molecule is O=C([O-])C(CCCCBr)CCc1ccccn1. The number of aliphatic carboxylic acids is 1. The van der Waals surface area contributed by atoms with E-state index in [1.165, 1.54) is 0 Å². The van der Waals surface area contributed by atoms with Crippen LogP contribution in [-0.2, 0) is 11.2 Å². The number of nitrogens with zero attached hydrogens (tertiary/aromatic N) is 1. The number of hydrogen-bond acceptors (Lipinski definition) is 3. The number of carbonyl (C=O) groups is 1. The van der Waals surface area contributed by atoms with Crippen LogP contribution in [0, 0.1) is 5.92 Å². The third-order valence-corrected chi connectivity index (χ3v) is 3.31. The summed E-state index contributed by atoms with van der Waals surface area (Å²) in [4.78, 5) is 15.2. The molecule has 4 heteroatoms. The van der Waals surface area contributed by atoms with Gasteiger partial charge in [0.25, 0.3) is 0 Å². The maximum Gasteiger partial charge on any atom is 0.0445 e. The molecule has 0 saturated carbocycles. The van der Waals surface area contributed by atoms with Crippen LogP contribution < -0.4 is 5.11 Å². The Morgan fingerprint density at radius 2 is 2.18 bits per heavy atom. The molecule has 1 rings (SSSR count). The fraction of sp³-hybridized carbons (Fsp3) is 0.538. The molecule has 0 amide bonds. The first kappa shape index (κ1) is 14.2. The molecule has 94 valence electrons. The number of pyridine rings is 1. The van der Waals surface area contributed by atoms with Gasteiger partial charge in [0.1, 0.15) is 0 Å². The Kier molecular flexibility index (Phi) is 6.86. The van der Waals surface area contributed by atoms with E-state index in [9.17, 15) is 9.90 Å². The number of aromatic nitrogens is 1. The Morgan fingerprint density at radius 1 is 1.35 bits per heavy atom. The van der Waals surface area contributed by atoms with E-state index < -0.39 is 5.97 Å². The van der Waals surface area contributed by atoms with Gasteiger partial charge in [0.2, 0.25) is 0 Å². The maximum atomic E-state index is 11.0. The highest BCUT2D eigenvalue weighted by atomic mass is 79.9. The van der Waals surface area contributed by atoms with Crippen molar-refractivity contribution < 1.29 is 9.90 Å². The molecule has 0 bridgehead atoms. The van der Waals surface area contributed by atoms with Crippen molar-refractivity contribution in [2.45, 2.75) is 32.1 Å². The first-order valence-corrected chi connectivity index (χ1v) is 7.03. The van der Waals surface area contributed by atoms with E-state index in [1.807, 2.05) is 18.2 Å². The third kappa shape index (κ3) is 5.82. The van der Waals surface area contributed by atoms with Crippen LogP contribution in [0.1, 0.15) is 31.4 Å². The molecule has 1 aromatic rings. The molecule has 1 aromatic heterocycles. The van der Waals surface area contributed by atoms with Gasteiger partial charge < -0.3 is 9.90 Å². The zero-order chi connectivity index (χ0) is 12.5. The lowest BCUT2D eigenvalue weighted by atomic mass is 9.96. The topological polar surface area (TPSA) is 53.0 Å². The molecule has 0 spiro atoms. The van der Waals surface area contributed by atoms with Gasteiger partial charge in [-0.15, -0.1) is 0 Å². The molecule has 0 N–H and O–H groups in total. The number of aryl methyl sites for hydroxylation is 1. The number of halogens is 1. The summed E-state index contributed by atoms with van der Waals surface area (Å²) in [7, 11) is 0. The quantitative estimate of drug-likeness (QED) is 0.544. The smallest absolute Gasteiger partial charge is 0.0445 e. The monoisotopic (exact) mass is 298 g/mol. The molecule has 0 aliphatic heterocycles. The number of carboxylic acids is 1. The fourth-order valence-corrected chi connectivity index (χ4v) is 2.13. The maximum absolute atomic E-state index is 11.0. The van der Waals surface area contributed by atoms with Crippen molar-refractivity contribution >= 4 is 21.9 Å². The van der Waals surface area contributed by atoms with Crippen molar-refractivity contribution in [1.82, 2.24) is 4.98 Å². The highest BCUT2D eigenvalue weighted by Crippen LogP contribution is 2.15. The van der Waals surface area contributed by atoms with Crippen LogP contribution in [0.5, 0.6) is 0 Å². The van der Waals surface area contributed by atoms with E-state index in [2.05, 4.69) is 20.9 Å². The summed E-state index contributed by atoms with van der Waals surface area (Å²) in [6, 6.07) is 5.70. The van der Waals surface area contributed by atoms with Gasteiger partial charge in [-0.3, -0.25) is 4.98 Å². The highest BCUT2D eigenvalue weighted by molar-refractivity contribution is 9.09. The summed E-state index contributed by atoms with van der Waals surface area (Å²) in [5.74, 6) is -1.29. The van der Waals surface area contributed by atoms with E-state index in [0.717, 1.165) is 23.9 Å². The second-order valence-electron chi connectivity index (χ2n) is 4.06. The zero-order valence-electron chi connectivity index (χ0n) is 9.77. The summed E-state index contributed by atoms with van der Waals surface area (Å²) >= 11 is 3.34. The van der Waals surface area contributed by atoms with Crippen molar-refractivity contribution in [3.63, 3.8) is 0 Å². The van der Waals surface area contributed by atoms with Crippen molar-refractivity contribution in [3.8, 4) is 0 Å². The molecular formula is C13H17BrNO2-. The number of unbranched alkanes of at least 4 members (excludes halogenated alkanes) is 1. The van der Waals surface area contributed by atoms with Gasteiger partial charge in [-0.1, -0.05) is 28.4 Å². The van der Waals surface area contributed by atoms with Gasteiger partial charge in [0, 0.05) is 23.2 Å². The van der Waals surface area contributed by atoms with Crippen molar-refractivity contribution in [2.24, 2.45) is 5.92 Å². The number of alkyl halides is 1. The van der Waals surface area contributed by atoms with Gasteiger partial charge in [-0.05, 0) is 43.7 Å². The summed E-state index contributed by atoms with van der Waals surface area (Å²) in [5.41, 5.74) is 0.944. The van der Waals surface area contributed by atoms with E-state index in [4.69, 9.17) is 0 Å². The molecular weight excluding hydrogens is 282 g/mol. The summed E-state index contributed by atoms with van der Waals surface area (Å²) < 4.78 is 0. The second kappa shape index (κ2) is 8.23. The van der Waals surface area contributed by atoms with E-state index >= 15 is 0 Å². The Balaban J connectivity index is 2.36. The number of hydrogen-bond donors (Lipinski definition) is 0. The average molecular weight is 299 g/mol. The summed E-state index contributed by atoms with van der Waals surface area (Å²) in [5, 5.41) is 11.9. The van der Waals surface area contributed by atoms with Gasteiger partial charge in [0.05, 0.1) is 0 Å². The highest BCUT2D eigenvalue weighted by Gasteiger charge is 2.10. The van der Waals surface area contributed by atoms with Gasteiger partial charge in [0.15, 0.2) is 0 Å². The molecule has 0 aliphatic rings. The van der Waals surface area contributed by atoms with Crippen LogP contribution in [0.15, 0.2) is 24.4 Å². The lowest BCUT2D eigenvalue weighted by Gasteiger charge is -2.17. The minimum absolute atomic E-state index is 0.351. The Morgan fingerprint density at radius 3 is 2.76 bits per heavy atom. The normalized spacial score (nSPS) is 12.3. The van der Waals surface area contributed by atoms with Gasteiger partial charge in [-0.25, -0.2) is 0 Å². The first-order valence-electron chi connectivity index (χ1n) is 5.90. The van der Waals surface area contributed by atoms with E-state index in [1.54, 1.807) is 6.20 Å². The van der Waals surface area contributed by atoms with Crippen molar-refractivity contribution in [3.05, 3.63) is 30.1 Å². The molecule has 3 nitrogen and oxygen atoms in total. The van der Waals surface area contributed by atoms with Crippen molar-refractivity contribution in [2.75, 3.05) is 5.33 Å². The molecule has 0 fully saturated rings. The molecule has 0 aromatic carbocycles. The third-order valence-electron chi connectivity index (χ3n) is 2.74. The Bertz CT molecular complexity index is 329. The minimum atomic E-state index is -0.935. The predicted molar refractivity (Wildman–Crippen MR) is 68.7 cm³/mol. The standard InChI is InChI=1S/C13H18BrNO2/c14-9-3-1-5-11(13(16)17)7-8-12-6-2-4-10-15-12/h2,4,6,10-11H,1,3,5,7-9H2,(H,16,17)/p-1. The van der Waals surface area contributed by atoms with Crippen LogP contribution in [-0.4, -0.2) is 16.3 Å². The minimum Gasteiger partial charge on any atom is -0.550 e. The van der Waals surface area contributed by atoms with Crippen molar-refractivity contribution in [1.29, 1.82) is 0 Å². The lowest BCUT2D eigenvalue weighted by Crippen LogP contribution is -2.31. The lowest BCUT2D eigenvalue weighted by molar-refractivity contribution is -0.312. The average Bonchev–Trinajstić information content (AvgIpc) is 2.34. The molecule has 0 saturated heterocycles. The molecule has 17 heavy (non-hydrogen) atoms. The first-order chi connectivity index (χ1) is 8.24. The summed E-state index contributed by atoms with van der Waals surface area (Å²) in [6.45, 7) is 0. The van der Waals surface area contributed by atoms with Crippen LogP contribution >= 0.6 is 15.9 Å². The van der Waals surface area contributed by atoms with Crippen LogP contribution in [0.4, 0.5) is 0 Å². The molecule has 0 aliphatic carbocycles.